The average Bonchev–Trinajstić information content (AvgIpc) is 3.14. The van der Waals surface area contributed by atoms with Gasteiger partial charge in [-0.3, -0.25) is 9.55 Å². The van der Waals surface area contributed by atoms with Crippen molar-refractivity contribution >= 4 is 11.8 Å². The Bertz CT molecular complexity index is 988. The first-order chi connectivity index (χ1) is 12.7. The third-order valence-corrected chi connectivity index (χ3v) is 5.64. The Kier molecular flexibility index (Phi) is 4.84. The van der Waals surface area contributed by atoms with E-state index in [-0.39, 0.29) is 11.5 Å². The highest BCUT2D eigenvalue weighted by atomic mass is 32.2. The molecule has 1 aliphatic rings. The van der Waals surface area contributed by atoms with Crippen LogP contribution in [0.2, 0.25) is 0 Å². The van der Waals surface area contributed by atoms with E-state index in [4.69, 9.17) is 0 Å². The van der Waals surface area contributed by atoms with Crippen molar-refractivity contribution < 1.29 is 4.39 Å². The summed E-state index contributed by atoms with van der Waals surface area (Å²) in [7, 11) is 0. The first-order valence-corrected chi connectivity index (χ1v) is 9.59. The van der Waals surface area contributed by atoms with Crippen LogP contribution in [0.25, 0.3) is 0 Å². The third-order valence-electron chi connectivity index (χ3n) is 4.57. The molecule has 3 aromatic rings. The lowest BCUT2D eigenvalue weighted by Crippen LogP contribution is -2.28. The predicted octanol–water partition coefficient (Wildman–Crippen LogP) is 3.61. The van der Waals surface area contributed by atoms with Crippen LogP contribution in [0.5, 0.6) is 0 Å². The van der Waals surface area contributed by atoms with Crippen LogP contribution in [-0.2, 0) is 25.1 Å². The van der Waals surface area contributed by atoms with Crippen molar-refractivity contribution in [2.75, 3.05) is 0 Å². The van der Waals surface area contributed by atoms with E-state index in [0.717, 1.165) is 41.2 Å². The van der Waals surface area contributed by atoms with Crippen molar-refractivity contribution in [1.82, 2.24) is 14.5 Å². The fourth-order valence-corrected chi connectivity index (χ4v) is 4.35. The molecule has 4 nitrogen and oxygen atoms in total. The van der Waals surface area contributed by atoms with Crippen LogP contribution in [0, 0.1) is 5.82 Å². The van der Waals surface area contributed by atoms with Crippen LogP contribution in [0.15, 0.2) is 58.5 Å². The summed E-state index contributed by atoms with van der Waals surface area (Å²) in [5.41, 5.74) is 3.39. The standard InChI is InChI=1S/C20H18FN3OS/c21-17-9-2-1-6-14(17)13-26-19-16-8-5-10-18(16)24(20(25)23-19)12-15-7-3-4-11-22-15/h1-4,6-7,9,11H,5,8,10,12-13H2. The molecule has 0 saturated carbocycles. The summed E-state index contributed by atoms with van der Waals surface area (Å²) in [6.45, 7) is 0.438. The minimum atomic E-state index is -0.257. The molecule has 2 aromatic heterocycles. The third kappa shape index (κ3) is 3.42. The zero-order valence-electron chi connectivity index (χ0n) is 14.2. The molecule has 0 atom stereocenters. The summed E-state index contributed by atoms with van der Waals surface area (Å²) in [4.78, 5) is 21.2. The highest BCUT2D eigenvalue weighted by Gasteiger charge is 2.22. The molecule has 1 aromatic carbocycles. The molecule has 4 rings (SSSR count). The Labute approximate surface area is 155 Å². The van der Waals surface area contributed by atoms with Gasteiger partial charge in [-0.1, -0.05) is 24.3 Å². The Morgan fingerprint density at radius 2 is 1.96 bits per heavy atom. The maximum absolute atomic E-state index is 13.8. The van der Waals surface area contributed by atoms with Gasteiger partial charge >= 0.3 is 5.69 Å². The summed E-state index contributed by atoms with van der Waals surface area (Å²) < 4.78 is 15.6. The van der Waals surface area contributed by atoms with Gasteiger partial charge in [0.15, 0.2) is 0 Å². The van der Waals surface area contributed by atoms with E-state index in [1.54, 1.807) is 22.9 Å². The Morgan fingerprint density at radius 3 is 2.77 bits per heavy atom. The molecule has 26 heavy (non-hydrogen) atoms. The van der Waals surface area contributed by atoms with E-state index in [9.17, 15) is 9.18 Å². The normalized spacial score (nSPS) is 13.0. The first kappa shape index (κ1) is 17.0. The monoisotopic (exact) mass is 367 g/mol. The molecule has 0 amide bonds. The number of aromatic nitrogens is 3. The van der Waals surface area contributed by atoms with Crippen molar-refractivity contribution in [2.45, 2.75) is 36.6 Å². The number of pyridine rings is 1. The lowest BCUT2D eigenvalue weighted by molar-refractivity contribution is 0.617. The van der Waals surface area contributed by atoms with Crippen molar-refractivity contribution in [2.24, 2.45) is 0 Å². The summed E-state index contributed by atoms with van der Waals surface area (Å²) in [5.74, 6) is 0.246. The second kappa shape index (κ2) is 7.41. The summed E-state index contributed by atoms with van der Waals surface area (Å²) in [5, 5.41) is 0.739. The maximum atomic E-state index is 13.8. The van der Waals surface area contributed by atoms with Gasteiger partial charge in [-0.25, -0.2) is 9.18 Å². The molecule has 0 saturated heterocycles. The number of hydrogen-bond donors (Lipinski definition) is 0. The minimum absolute atomic E-state index is 0.222. The number of benzene rings is 1. The van der Waals surface area contributed by atoms with E-state index in [2.05, 4.69) is 9.97 Å². The van der Waals surface area contributed by atoms with E-state index in [1.807, 2.05) is 24.3 Å². The van der Waals surface area contributed by atoms with Crippen LogP contribution < -0.4 is 5.69 Å². The van der Waals surface area contributed by atoms with E-state index >= 15 is 0 Å². The van der Waals surface area contributed by atoms with Crippen LogP contribution in [0.3, 0.4) is 0 Å². The van der Waals surface area contributed by atoms with Gasteiger partial charge in [0, 0.05) is 23.2 Å². The fourth-order valence-electron chi connectivity index (χ4n) is 3.28. The van der Waals surface area contributed by atoms with Gasteiger partial charge in [-0.2, -0.15) is 4.98 Å². The highest BCUT2D eigenvalue weighted by molar-refractivity contribution is 7.98. The van der Waals surface area contributed by atoms with Gasteiger partial charge in [-0.15, -0.1) is 11.8 Å². The molecule has 6 heteroatoms. The first-order valence-electron chi connectivity index (χ1n) is 8.61. The van der Waals surface area contributed by atoms with Crippen molar-refractivity contribution in [3.8, 4) is 0 Å². The molecule has 0 aliphatic heterocycles. The molecule has 1 aliphatic carbocycles. The number of fused-ring (bicyclic) bond motifs is 1. The van der Waals surface area contributed by atoms with Crippen LogP contribution in [-0.4, -0.2) is 14.5 Å². The average molecular weight is 367 g/mol. The lowest BCUT2D eigenvalue weighted by atomic mass is 10.2. The maximum Gasteiger partial charge on any atom is 0.349 e. The smallest absolute Gasteiger partial charge is 0.290 e. The summed E-state index contributed by atoms with van der Waals surface area (Å²) in [6.07, 6.45) is 4.51. The molecule has 0 N–H and O–H groups in total. The molecular weight excluding hydrogens is 349 g/mol. The Balaban J connectivity index is 1.64. The van der Waals surface area contributed by atoms with Crippen LogP contribution >= 0.6 is 11.8 Å². The molecule has 0 spiro atoms. The highest BCUT2D eigenvalue weighted by Crippen LogP contribution is 2.31. The number of rotatable bonds is 5. The van der Waals surface area contributed by atoms with Gasteiger partial charge in [-0.05, 0) is 43.0 Å². The van der Waals surface area contributed by atoms with Crippen molar-refractivity contribution in [3.63, 3.8) is 0 Å². The number of halogens is 1. The Hall–Kier alpha value is -2.47. The van der Waals surface area contributed by atoms with Gasteiger partial charge in [0.25, 0.3) is 0 Å². The number of hydrogen-bond acceptors (Lipinski definition) is 4. The summed E-state index contributed by atoms with van der Waals surface area (Å²) >= 11 is 1.44. The predicted molar refractivity (Wildman–Crippen MR) is 99.8 cm³/mol. The largest absolute Gasteiger partial charge is 0.349 e. The Morgan fingerprint density at radius 1 is 1.12 bits per heavy atom. The quantitative estimate of drug-likeness (QED) is 0.511. The number of thioether (sulfide) groups is 1. The molecule has 132 valence electrons. The molecule has 2 heterocycles. The second-order valence-corrected chi connectivity index (χ2v) is 7.23. The molecular formula is C20H18FN3OS. The van der Waals surface area contributed by atoms with Crippen LogP contribution in [0.4, 0.5) is 4.39 Å². The van der Waals surface area contributed by atoms with Gasteiger partial charge in [0.05, 0.1) is 12.2 Å². The molecule has 0 bridgehead atoms. The molecule has 0 unspecified atom stereocenters. The van der Waals surface area contributed by atoms with E-state index in [1.165, 1.54) is 17.8 Å². The molecule has 0 fully saturated rings. The minimum Gasteiger partial charge on any atom is -0.290 e. The molecule has 0 radical (unpaired) electrons. The zero-order valence-corrected chi connectivity index (χ0v) is 15.0. The second-order valence-electron chi connectivity index (χ2n) is 6.27. The lowest BCUT2D eigenvalue weighted by Gasteiger charge is -2.14. The van der Waals surface area contributed by atoms with Gasteiger partial charge < -0.3 is 0 Å². The van der Waals surface area contributed by atoms with Crippen molar-refractivity contribution in [3.05, 3.63) is 87.5 Å². The SMILES string of the molecule is O=c1nc(SCc2ccccc2F)c2c(n1Cc1ccccn1)CCC2. The van der Waals surface area contributed by atoms with Crippen molar-refractivity contribution in [1.29, 1.82) is 0 Å². The fraction of sp³-hybridized carbons (Fsp3) is 0.250. The zero-order chi connectivity index (χ0) is 17.9. The number of nitrogens with zero attached hydrogens (tertiary/aromatic N) is 3. The summed E-state index contributed by atoms with van der Waals surface area (Å²) in [6, 6.07) is 12.4. The van der Waals surface area contributed by atoms with E-state index < -0.39 is 0 Å². The topological polar surface area (TPSA) is 47.8 Å². The van der Waals surface area contributed by atoms with Gasteiger partial charge in [0.1, 0.15) is 10.8 Å². The van der Waals surface area contributed by atoms with Crippen LogP contribution in [0.1, 0.15) is 28.9 Å². The van der Waals surface area contributed by atoms with E-state index in [0.29, 0.717) is 17.9 Å². The van der Waals surface area contributed by atoms with Gasteiger partial charge in [0.2, 0.25) is 0 Å².